The lowest BCUT2D eigenvalue weighted by Crippen LogP contribution is -2.48. The molecule has 3 N–H and O–H groups in total. The highest BCUT2D eigenvalue weighted by molar-refractivity contribution is 6.00. The maximum Gasteiger partial charge on any atom is 0.338 e. The number of carbonyl (C=O) groups is 3. The maximum absolute atomic E-state index is 13.0. The van der Waals surface area contributed by atoms with E-state index in [1.807, 2.05) is 6.92 Å². The van der Waals surface area contributed by atoms with Gasteiger partial charge < -0.3 is 25.4 Å². The number of ether oxygens (including phenoxy) is 2. The Kier molecular flexibility index (Phi) is 9.16. The fourth-order valence-electron chi connectivity index (χ4n) is 3.80. The Morgan fingerprint density at radius 2 is 1.65 bits per heavy atom. The molecule has 1 aliphatic rings. The number of carbonyl (C=O) groups excluding carboxylic acids is 3. The van der Waals surface area contributed by atoms with Crippen LogP contribution in [-0.2, 0) is 14.3 Å². The molecule has 0 bridgehead atoms. The standard InChI is InChI=1S/C25H29N5O7/c1-4-13-29-16(2)21(23(31)37-15-14-36-3)22(28-25(29)33)17-5-7-18(8-6-17)26-24(32)27-19-9-11-20(12-10-19)30(34)35/h5-12,22H,4,13-15H2,1-3H3,(H,28,33)(H2,26,27,32). The Morgan fingerprint density at radius 3 is 2.19 bits per heavy atom. The molecule has 2 aromatic carbocycles. The van der Waals surface area contributed by atoms with Gasteiger partial charge in [-0.15, -0.1) is 0 Å². The Hall–Kier alpha value is -4.45. The number of benzene rings is 2. The second-order valence-corrected chi connectivity index (χ2v) is 8.17. The van der Waals surface area contributed by atoms with E-state index in [-0.39, 0.29) is 24.9 Å². The summed E-state index contributed by atoms with van der Waals surface area (Å²) in [5.74, 6) is -0.551. The van der Waals surface area contributed by atoms with Crippen LogP contribution in [0.3, 0.4) is 0 Å². The molecule has 1 aliphatic heterocycles. The van der Waals surface area contributed by atoms with Crippen LogP contribution in [0.2, 0.25) is 0 Å². The van der Waals surface area contributed by atoms with Crippen LogP contribution in [0.4, 0.5) is 26.7 Å². The first-order chi connectivity index (χ1) is 17.7. The minimum atomic E-state index is -0.737. The number of nitrogens with one attached hydrogen (secondary N) is 3. The Bertz CT molecular complexity index is 1180. The first-order valence-corrected chi connectivity index (χ1v) is 11.6. The van der Waals surface area contributed by atoms with Crippen LogP contribution in [0.25, 0.3) is 0 Å². The molecule has 4 amide bonds. The molecule has 0 radical (unpaired) electrons. The van der Waals surface area contributed by atoms with Crippen molar-refractivity contribution in [3.8, 4) is 0 Å². The van der Waals surface area contributed by atoms with E-state index in [4.69, 9.17) is 9.47 Å². The van der Waals surface area contributed by atoms with Gasteiger partial charge in [-0.3, -0.25) is 15.0 Å². The topological polar surface area (TPSA) is 152 Å². The number of hydrogen-bond acceptors (Lipinski definition) is 7. The molecule has 37 heavy (non-hydrogen) atoms. The van der Waals surface area contributed by atoms with Gasteiger partial charge in [-0.05, 0) is 43.2 Å². The number of hydrogen-bond donors (Lipinski definition) is 3. The molecule has 1 atom stereocenters. The van der Waals surface area contributed by atoms with E-state index in [9.17, 15) is 24.5 Å². The van der Waals surface area contributed by atoms with Gasteiger partial charge in [0.2, 0.25) is 0 Å². The van der Waals surface area contributed by atoms with E-state index in [1.165, 1.54) is 36.3 Å². The largest absolute Gasteiger partial charge is 0.460 e. The number of nitro groups is 1. The van der Waals surface area contributed by atoms with Crippen LogP contribution in [0.1, 0.15) is 31.9 Å². The smallest absolute Gasteiger partial charge is 0.338 e. The van der Waals surface area contributed by atoms with Crippen molar-refractivity contribution in [2.75, 3.05) is 37.5 Å². The van der Waals surface area contributed by atoms with Gasteiger partial charge in [-0.2, -0.15) is 0 Å². The number of esters is 1. The lowest BCUT2D eigenvalue weighted by atomic mass is 9.94. The predicted molar refractivity (Wildman–Crippen MR) is 136 cm³/mol. The molecule has 12 heteroatoms. The lowest BCUT2D eigenvalue weighted by Gasteiger charge is -2.35. The van der Waals surface area contributed by atoms with E-state index in [0.717, 1.165) is 0 Å². The Labute approximate surface area is 213 Å². The van der Waals surface area contributed by atoms with Crippen LogP contribution in [0.5, 0.6) is 0 Å². The molecular formula is C25H29N5O7. The van der Waals surface area contributed by atoms with Gasteiger partial charge in [-0.1, -0.05) is 19.1 Å². The summed E-state index contributed by atoms with van der Waals surface area (Å²) in [6.45, 7) is 4.43. The molecule has 0 saturated carbocycles. The van der Waals surface area contributed by atoms with Gasteiger partial charge in [0.05, 0.1) is 23.1 Å². The van der Waals surface area contributed by atoms with Crippen molar-refractivity contribution in [2.24, 2.45) is 0 Å². The summed E-state index contributed by atoms with van der Waals surface area (Å²) in [6, 6.07) is 10.5. The van der Waals surface area contributed by atoms with Gasteiger partial charge in [0.25, 0.3) is 5.69 Å². The first-order valence-electron chi connectivity index (χ1n) is 11.6. The fourth-order valence-corrected chi connectivity index (χ4v) is 3.80. The average molecular weight is 512 g/mol. The van der Waals surface area contributed by atoms with Crippen molar-refractivity contribution >= 4 is 35.1 Å². The molecule has 3 rings (SSSR count). The second-order valence-electron chi connectivity index (χ2n) is 8.17. The van der Waals surface area contributed by atoms with Crippen molar-refractivity contribution < 1.29 is 28.8 Å². The zero-order valence-corrected chi connectivity index (χ0v) is 20.8. The minimum absolute atomic E-state index is 0.0767. The fraction of sp³-hybridized carbons (Fsp3) is 0.320. The van der Waals surface area contributed by atoms with Crippen LogP contribution in [-0.4, -0.2) is 54.7 Å². The van der Waals surface area contributed by atoms with Crippen LogP contribution >= 0.6 is 0 Å². The van der Waals surface area contributed by atoms with E-state index in [2.05, 4.69) is 16.0 Å². The highest BCUT2D eigenvalue weighted by atomic mass is 16.6. The second kappa shape index (κ2) is 12.5. The van der Waals surface area contributed by atoms with Crippen LogP contribution in [0, 0.1) is 10.1 Å². The number of methoxy groups -OCH3 is 1. The Balaban J connectivity index is 1.75. The van der Waals surface area contributed by atoms with E-state index < -0.39 is 23.0 Å². The zero-order chi connectivity index (χ0) is 26.9. The normalized spacial score (nSPS) is 15.2. The summed E-state index contributed by atoms with van der Waals surface area (Å²) in [5.41, 5.74) is 2.23. The van der Waals surface area contributed by atoms with E-state index in [1.54, 1.807) is 31.2 Å². The number of non-ortho nitro benzene ring substituents is 1. The van der Waals surface area contributed by atoms with Crippen LogP contribution in [0.15, 0.2) is 59.8 Å². The average Bonchev–Trinajstić information content (AvgIpc) is 2.87. The summed E-state index contributed by atoms with van der Waals surface area (Å²) in [6.07, 6.45) is 0.712. The molecule has 1 unspecified atom stereocenters. The SMILES string of the molecule is CCCN1C(=O)NC(c2ccc(NC(=O)Nc3ccc([N+](=O)[O-])cc3)cc2)C(C(=O)OCCOC)=C1C. The molecular weight excluding hydrogens is 482 g/mol. The predicted octanol–water partition coefficient (Wildman–Crippen LogP) is 4.18. The minimum Gasteiger partial charge on any atom is -0.460 e. The van der Waals surface area contributed by atoms with Gasteiger partial charge in [0, 0.05) is 42.9 Å². The van der Waals surface area contributed by atoms with Crippen molar-refractivity contribution in [3.05, 3.63) is 75.5 Å². The lowest BCUT2D eigenvalue weighted by molar-refractivity contribution is -0.384. The maximum atomic E-state index is 13.0. The third-order valence-corrected chi connectivity index (χ3v) is 5.62. The van der Waals surface area contributed by atoms with Crippen molar-refractivity contribution in [1.29, 1.82) is 0 Å². The monoisotopic (exact) mass is 511 g/mol. The molecule has 0 aromatic heterocycles. The van der Waals surface area contributed by atoms with Crippen molar-refractivity contribution in [2.45, 2.75) is 26.3 Å². The molecule has 0 fully saturated rings. The van der Waals surface area contributed by atoms with E-state index >= 15 is 0 Å². The molecule has 0 saturated heterocycles. The highest BCUT2D eigenvalue weighted by Gasteiger charge is 2.36. The number of amides is 4. The summed E-state index contributed by atoms with van der Waals surface area (Å²) in [5, 5.41) is 18.9. The molecule has 196 valence electrons. The third kappa shape index (κ3) is 6.82. The number of urea groups is 2. The number of nitro benzene ring substituents is 1. The quantitative estimate of drug-likeness (QED) is 0.187. The number of rotatable bonds is 10. The zero-order valence-electron chi connectivity index (χ0n) is 20.8. The van der Waals surface area contributed by atoms with Gasteiger partial charge in [0.1, 0.15) is 6.61 Å². The molecule has 0 spiro atoms. The number of anilines is 2. The van der Waals surface area contributed by atoms with Crippen molar-refractivity contribution in [3.63, 3.8) is 0 Å². The molecule has 0 aliphatic carbocycles. The van der Waals surface area contributed by atoms with Crippen LogP contribution < -0.4 is 16.0 Å². The molecule has 1 heterocycles. The third-order valence-electron chi connectivity index (χ3n) is 5.62. The summed E-state index contributed by atoms with van der Waals surface area (Å²) < 4.78 is 10.3. The number of allylic oxidation sites excluding steroid dienone is 1. The highest BCUT2D eigenvalue weighted by Crippen LogP contribution is 2.32. The van der Waals surface area contributed by atoms with E-state index in [0.29, 0.717) is 41.2 Å². The summed E-state index contributed by atoms with van der Waals surface area (Å²) >= 11 is 0. The number of nitrogens with zero attached hydrogens (tertiary/aromatic N) is 2. The molecule has 2 aromatic rings. The first kappa shape index (κ1) is 27.1. The summed E-state index contributed by atoms with van der Waals surface area (Å²) in [4.78, 5) is 49.8. The Morgan fingerprint density at radius 1 is 1.05 bits per heavy atom. The van der Waals surface area contributed by atoms with Crippen molar-refractivity contribution in [1.82, 2.24) is 10.2 Å². The van der Waals surface area contributed by atoms with Gasteiger partial charge in [-0.25, -0.2) is 14.4 Å². The molecule has 12 nitrogen and oxygen atoms in total. The van der Waals surface area contributed by atoms with Gasteiger partial charge >= 0.3 is 18.0 Å². The summed E-state index contributed by atoms with van der Waals surface area (Å²) in [7, 11) is 1.51. The van der Waals surface area contributed by atoms with Gasteiger partial charge in [0.15, 0.2) is 0 Å².